The molecule has 1 saturated carbocycles. The molecule has 2 heteroatoms. The molecule has 0 heterocycles. The second-order valence-corrected chi connectivity index (χ2v) is 6.13. The Balaban J connectivity index is 1.47. The van der Waals surface area contributed by atoms with Crippen LogP contribution in [0.2, 0.25) is 0 Å². The summed E-state index contributed by atoms with van der Waals surface area (Å²) in [4.78, 5) is 0. The molecule has 3 rings (SSSR count). The van der Waals surface area contributed by atoms with Crippen LogP contribution in [0.25, 0.3) is 0 Å². The Morgan fingerprint density at radius 1 is 1.05 bits per heavy atom. The highest BCUT2D eigenvalue weighted by molar-refractivity contribution is 5.27. The van der Waals surface area contributed by atoms with Crippen molar-refractivity contribution in [3.63, 3.8) is 0 Å². The highest BCUT2D eigenvalue weighted by Gasteiger charge is 2.29. The quantitative estimate of drug-likeness (QED) is 0.879. The molecule has 0 saturated heterocycles. The Morgan fingerprint density at radius 3 is 2.48 bits per heavy atom. The van der Waals surface area contributed by atoms with Crippen LogP contribution in [0.3, 0.4) is 0 Å². The molecule has 1 fully saturated rings. The van der Waals surface area contributed by atoms with E-state index in [1.165, 1.54) is 29.5 Å². The van der Waals surface area contributed by atoms with Crippen molar-refractivity contribution in [2.45, 2.75) is 44.9 Å². The standard InChI is InChI=1S/C19H23NO/c1-14-5-7-17(8-6-14)18-10-19(11-18)20-12-15-3-2-4-16(9-15)13-21/h2-9,18-21H,10-13H2,1H3. The fourth-order valence-corrected chi connectivity index (χ4v) is 3.00. The predicted octanol–water partition coefficient (Wildman–Crippen LogP) is 3.52. The molecular weight excluding hydrogens is 258 g/mol. The van der Waals surface area contributed by atoms with Crippen LogP contribution >= 0.6 is 0 Å². The molecule has 2 N–H and O–H groups in total. The first-order chi connectivity index (χ1) is 10.2. The van der Waals surface area contributed by atoms with Gasteiger partial charge in [0.25, 0.3) is 0 Å². The van der Waals surface area contributed by atoms with Gasteiger partial charge in [0.05, 0.1) is 6.61 Å². The van der Waals surface area contributed by atoms with Gasteiger partial charge in [-0.1, -0.05) is 54.1 Å². The molecule has 0 aromatic heterocycles. The van der Waals surface area contributed by atoms with Crippen LogP contribution in [0, 0.1) is 6.92 Å². The van der Waals surface area contributed by atoms with Gasteiger partial charge in [-0.25, -0.2) is 0 Å². The summed E-state index contributed by atoms with van der Waals surface area (Å²) < 4.78 is 0. The van der Waals surface area contributed by atoms with Gasteiger partial charge in [0, 0.05) is 12.6 Å². The van der Waals surface area contributed by atoms with Crippen molar-refractivity contribution in [1.82, 2.24) is 5.32 Å². The molecule has 1 aliphatic rings. The predicted molar refractivity (Wildman–Crippen MR) is 86.1 cm³/mol. The molecule has 2 nitrogen and oxygen atoms in total. The van der Waals surface area contributed by atoms with Crippen molar-refractivity contribution in [1.29, 1.82) is 0 Å². The summed E-state index contributed by atoms with van der Waals surface area (Å²) in [5, 5.41) is 12.8. The number of benzene rings is 2. The molecule has 0 amide bonds. The normalized spacial score (nSPS) is 21.0. The minimum absolute atomic E-state index is 0.118. The van der Waals surface area contributed by atoms with E-state index in [4.69, 9.17) is 5.11 Å². The summed E-state index contributed by atoms with van der Waals surface area (Å²) in [7, 11) is 0. The Kier molecular flexibility index (Phi) is 4.37. The number of hydrogen-bond acceptors (Lipinski definition) is 2. The van der Waals surface area contributed by atoms with Gasteiger partial charge in [0.1, 0.15) is 0 Å². The minimum atomic E-state index is 0.118. The molecule has 0 spiro atoms. The van der Waals surface area contributed by atoms with E-state index in [2.05, 4.69) is 48.6 Å². The lowest BCUT2D eigenvalue weighted by Crippen LogP contribution is -2.39. The Morgan fingerprint density at radius 2 is 1.76 bits per heavy atom. The molecule has 0 atom stereocenters. The molecule has 21 heavy (non-hydrogen) atoms. The number of aliphatic hydroxyl groups excluding tert-OH is 1. The zero-order valence-electron chi connectivity index (χ0n) is 12.5. The molecule has 1 aliphatic carbocycles. The number of aliphatic hydroxyl groups is 1. The summed E-state index contributed by atoms with van der Waals surface area (Å²) in [5.41, 5.74) is 5.04. The third-order valence-electron chi connectivity index (χ3n) is 4.46. The van der Waals surface area contributed by atoms with Crippen LogP contribution in [0.5, 0.6) is 0 Å². The molecule has 0 unspecified atom stereocenters. The van der Waals surface area contributed by atoms with E-state index < -0.39 is 0 Å². The van der Waals surface area contributed by atoms with E-state index in [0.717, 1.165) is 12.1 Å². The van der Waals surface area contributed by atoms with Crippen molar-refractivity contribution in [3.8, 4) is 0 Å². The number of nitrogens with one attached hydrogen (secondary N) is 1. The zero-order chi connectivity index (χ0) is 14.7. The van der Waals surface area contributed by atoms with E-state index in [-0.39, 0.29) is 6.61 Å². The fraction of sp³-hybridized carbons (Fsp3) is 0.368. The van der Waals surface area contributed by atoms with Crippen molar-refractivity contribution >= 4 is 0 Å². The second-order valence-electron chi connectivity index (χ2n) is 6.13. The number of rotatable bonds is 5. The van der Waals surface area contributed by atoms with Crippen molar-refractivity contribution in [3.05, 3.63) is 70.8 Å². The van der Waals surface area contributed by atoms with Crippen LogP contribution in [-0.4, -0.2) is 11.1 Å². The average Bonchev–Trinajstić information content (AvgIpc) is 2.47. The van der Waals surface area contributed by atoms with E-state index >= 15 is 0 Å². The van der Waals surface area contributed by atoms with Crippen molar-refractivity contribution in [2.75, 3.05) is 0 Å². The van der Waals surface area contributed by atoms with Gasteiger partial charge in [0.2, 0.25) is 0 Å². The third-order valence-corrected chi connectivity index (χ3v) is 4.46. The summed E-state index contributed by atoms with van der Waals surface area (Å²) in [6, 6.07) is 17.7. The first-order valence-electron chi connectivity index (χ1n) is 7.73. The minimum Gasteiger partial charge on any atom is -0.392 e. The average molecular weight is 281 g/mol. The van der Waals surface area contributed by atoms with Gasteiger partial charge in [-0.3, -0.25) is 0 Å². The van der Waals surface area contributed by atoms with Crippen LogP contribution in [-0.2, 0) is 13.2 Å². The third kappa shape index (κ3) is 3.52. The summed E-state index contributed by atoms with van der Waals surface area (Å²) >= 11 is 0. The summed E-state index contributed by atoms with van der Waals surface area (Å²) in [6.45, 7) is 3.14. The molecule has 0 aliphatic heterocycles. The first kappa shape index (κ1) is 14.3. The van der Waals surface area contributed by atoms with Crippen LogP contribution < -0.4 is 5.32 Å². The molecule has 2 aromatic carbocycles. The highest BCUT2D eigenvalue weighted by Crippen LogP contribution is 2.37. The summed E-state index contributed by atoms with van der Waals surface area (Å²) in [5.74, 6) is 0.715. The lowest BCUT2D eigenvalue weighted by molar-refractivity contribution is 0.281. The molecule has 0 bridgehead atoms. The van der Waals surface area contributed by atoms with Gasteiger partial charge >= 0.3 is 0 Å². The Bertz CT molecular complexity index is 585. The van der Waals surface area contributed by atoms with Crippen molar-refractivity contribution in [2.24, 2.45) is 0 Å². The van der Waals surface area contributed by atoms with Gasteiger partial charge < -0.3 is 10.4 Å². The smallest absolute Gasteiger partial charge is 0.0681 e. The van der Waals surface area contributed by atoms with Gasteiger partial charge in [-0.05, 0) is 42.4 Å². The molecule has 110 valence electrons. The second kappa shape index (κ2) is 6.42. The zero-order valence-corrected chi connectivity index (χ0v) is 12.5. The molecule has 0 radical (unpaired) electrons. The largest absolute Gasteiger partial charge is 0.392 e. The van der Waals surface area contributed by atoms with Crippen LogP contribution in [0.4, 0.5) is 0 Å². The Labute approximate surface area is 126 Å². The lowest BCUT2D eigenvalue weighted by Gasteiger charge is -2.36. The fourth-order valence-electron chi connectivity index (χ4n) is 3.00. The van der Waals surface area contributed by atoms with E-state index in [1.807, 2.05) is 12.1 Å². The maximum absolute atomic E-state index is 9.16. The topological polar surface area (TPSA) is 32.3 Å². The molecule has 2 aromatic rings. The lowest BCUT2D eigenvalue weighted by atomic mass is 9.75. The highest BCUT2D eigenvalue weighted by atomic mass is 16.3. The monoisotopic (exact) mass is 281 g/mol. The first-order valence-corrected chi connectivity index (χ1v) is 7.73. The number of aryl methyl sites for hydroxylation is 1. The maximum Gasteiger partial charge on any atom is 0.0681 e. The Hall–Kier alpha value is -1.64. The van der Waals surface area contributed by atoms with Crippen LogP contribution in [0.15, 0.2) is 48.5 Å². The summed E-state index contributed by atoms with van der Waals surface area (Å²) in [6.07, 6.45) is 2.45. The molecular formula is C19H23NO. The van der Waals surface area contributed by atoms with Gasteiger partial charge in [-0.2, -0.15) is 0 Å². The van der Waals surface area contributed by atoms with E-state index in [9.17, 15) is 0 Å². The SMILES string of the molecule is Cc1ccc(C2CC(NCc3cccc(CO)c3)C2)cc1. The number of hydrogen-bond donors (Lipinski definition) is 2. The van der Waals surface area contributed by atoms with E-state index in [0.29, 0.717) is 12.0 Å². The van der Waals surface area contributed by atoms with Gasteiger partial charge in [0.15, 0.2) is 0 Å². The maximum atomic E-state index is 9.16. The van der Waals surface area contributed by atoms with Gasteiger partial charge in [-0.15, -0.1) is 0 Å². The van der Waals surface area contributed by atoms with E-state index in [1.54, 1.807) is 0 Å². The van der Waals surface area contributed by atoms with Crippen molar-refractivity contribution < 1.29 is 5.11 Å². The van der Waals surface area contributed by atoms with Crippen LogP contribution in [0.1, 0.15) is 41.0 Å².